The van der Waals surface area contributed by atoms with E-state index in [1.165, 1.54) is 0 Å². The van der Waals surface area contributed by atoms with Crippen molar-refractivity contribution >= 4 is 0 Å². The Morgan fingerprint density at radius 3 is 2.43 bits per heavy atom. The van der Waals surface area contributed by atoms with Gasteiger partial charge in [0.15, 0.2) is 0 Å². The minimum Gasteiger partial charge on any atom is -0.508 e. The Morgan fingerprint density at radius 2 is 1.71 bits per heavy atom. The van der Waals surface area contributed by atoms with Crippen LogP contribution in [0.1, 0.15) is 28.4 Å². The van der Waals surface area contributed by atoms with Crippen molar-refractivity contribution in [2.45, 2.75) is 43.4 Å². The summed E-state index contributed by atoms with van der Waals surface area (Å²) in [5, 5.41) is 49.5. The van der Waals surface area contributed by atoms with E-state index in [1.54, 1.807) is 12.1 Å². The van der Waals surface area contributed by atoms with Crippen LogP contribution in [0.4, 0.5) is 0 Å². The summed E-state index contributed by atoms with van der Waals surface area (Å²) in [6, 6.07) is 10.7. The molecule has 0 aromatic heterocycles. The second-order valence-electron chi connectivity index (χ2n) is 7.36. The molecule has 0 amide bonds. The standard InChI is InChI=1S/C21H24O7/c22-10-16-17(24)18(25)19(26)21(28-16)14-8-12-5-6-27-20(12)13(9-14)7-11-1-3-15(23)4-2-11/h1-4,8-9,16-19,21-26H,5-7,10H2/t16-,17-,18+,19-,21?/m1/s1. The minimum atomic E-state index is -1.42. The minimum absolute atomic E-state index is 0.195. The zero-order valence-corrected chi connectivity index (χ0v) is 15.2. The maximum absolute atomic E-state index is 10.5. The van der Waals surface area contributed by atoms with Crippen LogP contribution in [-0.4, -0.2) is 63.2 Å². The lowest BCUT2D eigenvalue weighted by molar-refractivity contribution is -0.231. The van der Waals surface area contributed by atoms with E-state index in [0.29, 0.717) is 18.6 Å². The topological polar surface area (TPSA) is 120 Å². The predicted octanol–water partition coefficient (Wildman–Crippen LogP) is 0.433. The third kappa shape index (κ3) is 3.47. The van der Waals surface area contributed by atoms with Crippen molar-refractivity contribution in [1.82, 2.24) is 0 Å². The highest BCUT2D eigenvalue weighted by Crippen LogP contribution is 2.39. The fraction of sp³-hybridized carbons (Fsp3) is 0.429. The Balaban J connectivity index is 1.69. The molecule has 4 rings (SSSR count). The van der Waals surface area contributed by atoms with Crippen molar-refractivity contribution in [2.24, 2.45) is 0 Å². The Hall–Kier alpha value is -2.16. The van der Waals surface area contributed by atoms with E-state index in [9.17, 15) is 25.5 Å². The van der Waals surface area contributed by atoms with Crippen LogP contribution in [0.2, 0.25) is 0 Å². The predicted molar refractivity (Wildman–Crippen MR) is 99.3 cm³/mol. The molecule has 7 nitrogen and oxygen atoms in total. The molecule has 2 aromatic rings. The third-order valence-electron chi connectivity index (χ3n) is 5.43. The van der Waals surface area contributed by atoms with Crippen LogP contribution >= 0.6 is 0 Å². The smallest absolute Gasteiger partial charge is 0.126 e. The molecule has 1 unspecified atom stereocenters. The molecule has 150 valence electrons. The highest BCUT2D eigenvalue weighted by molar-refractivity contribution is 5.50. The van der Waals surface area contributed by atoms with Crippen LogP contribution in [0.25, 0.3) is 0 Å². The third-order valence-corrected chi connectivity index (χ3v) is 5.43. The number of fused-ring (bicyclic) bond motifs is 1. The SMILES string of the molecule is OC[C@H]1OC(c2cc3c(c(Cc4ccc(O)cc4)c2)OCC3)[C@H](O)[C@@H](O)[C@@H]1O. The second-order valence-corrected chi connectivity index (χ2v) is 7.36. The number of hydrogen-bond donors (Lipinski definition) is 5. The van der Waals surface area contributed by atoms with E-state index in [4.69, 9.17) is 9.47 Å². The Bertz CT molecular complexity index is 833. The zero-order chi connectivity index (χ0) is 19.8. The lowest BCUT2D eigenvalue weighted by Gasteiger charge is -2.40. The largest absolute Gasteiger partial charge is 0.508 e. The van der Waals surface area contributed by atoms with Crippen molar-refractivity contribution in [3.05, 3.63) is 58.7 Å². The number of ether oxygens (including phenoxy) is 2. The molecule has 7 heteroatoms. The normalized spacial score (nSPS) is 29.4. The molecule has 0 aliphatic carbocycles. The first-order valence-corrected chi connectivity index (χ1v) is 9.35. The molecule has 1 saturated heterocycles. The number of aliphatic hydroxyl groups is 4. The number of hydrogen-bond acceptors (Lipinski definition) is 7. The molecule has 28 heavy (non-hydrogen) atoms. The molecule has 0 spiro atoms. The summed E-state index contributed by atoms with van der Waals surface area (Å²) in [6.07, 6.45) is -4.66. The van der Waals surface area contributed by atoms with Gasteiger partial charge in [0.25, 0.3) is 0 Å². The molecule has 0 saturated carbocycles. The van der Waals surface area contributed by atoms with Crippen LogP contribution in [0, 0.1) is 0 Å². The lowest BCUT2D eigenvalue weighted by atomic mass is 9.88. The first-order valence-electron chi connectivity index (χ1n) is 9.35. The van der Waals surface area contributed by atoms with Gasteiger partial charge in [0.2, 0.25) is 0 Å². The monoisotopic (exact) mass is 388 g/mol. The molecule has 2 aliphatic heterocycles. The van der Waals surface area contributed by atoms with Gasteiger partial charge in [-0.2, -0.15) is 0 Å². The van der Waals surface area contributed by atoms with Crippen molar-refractivity contribution in [1.29, 1.82) is 0 Å². The zero-order valence-electron chi connectivity index (χ0n) is 15.2. The quantitative estimate of drug-likeness (QED) is 0.515. The Morgan fingerprint density at radius 1 is 0.964 bits per heavy atom. The van der Waals surface area contributed by atoms with E-state index < -0.39 is 37.1 Å². The Kier molecular flexibility index (Phi) is 5.27. The maximum Gasteiger partial charge on any atom is 0.126 e. The van der Waals surface area contributed by atoms with Crippen LogP contribution < -0.4 is 4.74 Å². The molecule has 0 bridgehead atoms. The fourth-order valence-corrected chi connectivity index (χ4v) is 3.92. The Labute approximate surface area is 162 Å². The average molecular weight is 388 g/mol. The molecule has 2 aliphatic rings. The average Bonchev–Trinajstić information content (AvgIpc) is 3.17. The van der Waals surface area contributed by atoms with Gasteiger partial charge in [0.1, 0.15) is 42.0 Å². The summed E-state index contributed by atoms with van der Waals surface area (Å²) in [4.78, 5) is 0. The van der Waals surface area contributed by atoms with E-state index >= 15 is 0 Å². The van der Waals surface area contributed by atoms with E-state index in [0.717, 1.165) is 28.9 Å². The van der Waals surface area contributed by atoms with Gasteiger partial charge in [0.05, 0.1) is 13.2 Å². The first-order chi connectivity index (χ1) is 13.5. The van der Waals surface area contributed by atoms with Crippen LogP contribution in [-0.2, 0) is 17.6 Å². The van der Waals surface area contributed by atoms with Crippen LogP contribution in [0.3, 0.4) is 0 Å². The highest BCUT2D eigenvalue weighted by Gasteiger charge is 2.44. The molecule has 2 aromatic carbocycles. The lowest BCUT2D eigenvalue weighted by Crippen LogP contribution is -2.55. The van der Waals surface area contributed by atoms with Gasteiger partial charge in [-0.1, -0.05) is 12.1 Å². The van der Waals surface area contributed by atoms with E-state index in [-0.39, 0.29) is 5.75 Å². The molecule has 5 N–H and O–H groups in total. The number of rotatable bonds is 4. The van der Waals surface area contributed by atoms with Gasteiger partial charge >= 0.3 is 0 Å². The number of phenolic OH excluding ortho intramolecular Hbond substituents is 1. The summed E-state index contributed by atoms with van der Waals surface area (Å²) in [6.45, 7) is 0.103. The number of aromatic hydroxyl groups is 1. The number of benzene rings is 2. The highest BCUT2D eigenvalue weighted by atomic mass is 16.5. The summed E-state index contributed by atoms with van der Waals surface area (Å²) in [5.74, 6) is 1.00. The van der Waals surface area contributed by atoms with Crippen molar-refractivity contribution in [3.63, 3.8) is 0 Å². The summed E-state index contributed by atoms with van der Waals surface area (Å²) < 4.78 is 11.5. The van der Waals surface area contributed by atoms with Crippen LogP contribution in [0.15, 0.2) is 36.4 Å². The van der Waals surface area contributed by atoms with Gasteiger partial charge in [-0.15, -0.1) is 0 Å². The molecule has 1 fully saturated rings. The van der Waals surface area contributed by atoms with Gasteiger partial charge in [-0.3, -0.25) is 0 Å². The van der Waals surface area contributed by atoms with Crippen molar-refractivity contribution < 1.29 is 35.0 Å². The molecular weight excluding hydrogens is 364 g/mol. The summed E-state index contributed by atoms with van der Waals surface area (Å²) in [5.41, 5.74) is 3.55. The van der Waals surface area contributed by atoms with Crippen molar-refractivity contribution in [3.8, 4) is 11.5 Å². The van der Waals surface area contributed by atoms with Crippen molar-refractivity contribution in [2.75, 3.05) is 13.2 Å². The maximum atomic E-state index is 10.5. The van der Waals surface area contributed by atoms with Gasteiger partial charge < -0.3 is 35.0 Å². The molecule has 2 heterocycles. The number of phenols is 1. The van der Waals surface area contributed by atoms with Gasteiger partial charge in [-0.25, -0.2) is 0 Å². The summed E-state index contributed by atoms with van der Waals surface area (Å²) >= 11 is 0. The molecular formula is C21H24O7. The summed E-state index contributed by atoms with van der Waals surface area (Å²) in [7, 11) is 0. The molecule has 0 radical (unpaired) electrons. The second kappa shape index (κ2) is 7.69. The van der Waals surface area contributed by atoms with E-state index in [1.807, 2.05) is 24.3 Å². The first kappa shape index (κ1) is 19.2. The van der Waals surface area contributed by atoms with Gasteiger partial charge in [-0.05, 0) is 46.5 Å². The van der Waals surface area contributed by atoms with Crippen LogP contribution in [0.5, 0.6) is 11.5 Å². The van der Waals surface area contributed by atoms with Gasteiger partial charge in [0, 0.05) is 12.8 Å². The fourth-order valence-electron chi connectivity index (χ4n) is 3.92. The molecule has 5 atom stereocenters. The number of aliphatic hydroxyl groups excluding tert-OH is 4. The van der Waals surface area contributed by atoms with E-state index in [2.05, 4.69) is 0 Å².